The van der Waals surface area contributed by atoms with Crippen LogP contribution in [0.15, 0.2) is 18.2 Å². The van der Waals surface area contributed by atoms with E-state index < -0.39 is 0 Å². The van der Waals surface area contributed by atoms with E-state index in [1.165, 1.54) is 31.2 Å². The second-order valence-corrected chi connectivity index (χ2v) is 6.98. The molecule has 1 aliphatic carbocycles. The fourth-order valence-electron chi connectivity index (χ4n) is 3.54. The van der Waals surface area contributed by atoms with E-state index >= 15 is 0 Å². The first-order chi connectivity index (χ1) is 8.95. The summed E-state index contributed by atoms with van der Waals surface area (Å²) >= 11 is 12.3. The molecule has 20 heavy (non-hydrogen) atoms. The van der Waals surface area contributed by atoms with Crippen molar-refractivity contribution < 1.29 is 0 Å². The lowest BCUT2D eigenvalue weighted by atomic mass is 9.63. The average molecular weight is 337 g/mol. The summed E-state index contributed by atoms with van der Waals surface area (Å²) in [5, 5.41) is 1.32. The molecular weight excluding hydrogens is 313 g/mol. The van der Waals surface area contributed by atoms with Crippen molar-refractivity contribution in [3.05, 3.63) is 33.8 Å². The normalized spacial score (nSPS) is 26.4. The van der Waals surface area contributed by atoms with E-state index in [0.29, 0.717) is 16.0 Å². The molecule has 1 aliphatic rings. The minimum Gasteiger partial charge on any atom is -0.309 e. The first kappa shape index (κ1) is 18.1. The van der Waals surface area contributed by atoms with Crippen LogP contribution in [0.2, 0.25) is 10.0 Å². The number of nitrogens with zero attached hydrogens (tertiary/aromatic N) is 1. The van der Waals surface area contributed by atoms with Crippen LogP contribution < -0.4 is 0 Å². The predicted octanol–water partition coefficient (Wildman–Crippen LogP) is 5.42. The second-order valence-electron chi connectivity index (χ2n) is 6.17. The van der Waals surface area contributed by atoms with Crippen LogP contribution in [0.4, 0.5) is 0 Å². The lowest BCUT2D eigenvalue weighted by Gasteiger charge is -2.45. The third-order valence-corrected chi connectivity index (χ3v) is 5.29. The van der Waals surface area contributed by atoms with Crippen molar-refractivity contribution in [3.8, 4) is 0 Å². The van der Waals surface area contributed by atoms with Gasteiger partial charge in [-0.25, -0.2) is 0 Å². The number of benzene rings is 1. The van der Waals surface area contributed by atoms with Gasteiger partial charge in [-0.3, -0.25) is 0 Å². The molecule has 0 radical (unpaired) electrons. The molecule has 0 amide bonds. The Bertz CT molecular complexity index is 447. The van der Waals surface area contributed by atoms with Gasteiger partial charge in [0.25, 0.3) is 0 Å². The topological polar surface area (TPSA) is 3.24 Å². The van der Waals surface area contributed by atoms with Gasteiger partial charge in [0.15, 0.2) is 0 Å². The van der Waals surface area contributed by atoms with E-state index in [1.54, 1.807) is 0 Å². The van der Waals surface area contributed by atoms with Gasteiger partial charge in [0, 0.05) is 12.0 Å². The molecule has 2 unspecified atom stereocenters. The Morgan fingerprint density at radius 1 is 1.20 bits per heavy atom. The SMILES string of the molecule is CC1CCCCC1(CN(C)C)c1ccc(Cl)c(Cl)c1.Cl. The molecule has 0 bridgehead atoms. The molecule has 1 nitrogen and oxygen atoms in total. The maximum absolute atomic E-state index is 6.23. The van der Waals surface area contributed by atoms with Gasteiger partial charge in [-0.15, -0.1) is 12.4 Å². The van der Waals surface area contributed by atoms with Crippen LogP contribution in [-0.4, -0.2) is 25.5 Å². The molecule has 114 valence electrons. The van der Waals surface area contributed by atoms with E-state index in [0.717, 1.165) is 6.54 Å². The quantitative estimate of drug-likeness (QED) is 0.712. The molecule has 1 aromatic carbocycles. The first-order valence-electron chi connectivity index (χ1n) is 7.06. The maximum Gasteiger partial charge on any atom is 0.0595 e. The highest BCUT2D eigenvalue weighted by molar-refractivity contribution is 6.42. The molecule has 1 saturated carbocycles. The van der Waals surface area contributed by atoms with Gasteiger partial charge in [-0.1, -0.05) is 49.0 Å². The Hall–Kier alpha value is 0.0500. The molecule has 0 spiro atoms. The Morgan fingerprint density at radius 3 is 2.45 bits per heavy atom. The van der Waals surface area contributed by atoms with Gasteiger partial charge in [-0.2, -0.15) is 0 Å². The zero-order chi connectivity index (χ0) is 14.0. The Morgan fingerprint density at radius 2 is 1.90 bits per heavy atom. The second kappa shape index (κ2) is 7.35. The molecule has 2 rings (SSSR count). The van der Waals surface area contributed by atoms with Crippen molar-refractivity contribution in [3.63, 3.8) is 0 Å². The van der Waals surface area contributed by atoms with Crippen molar-refractivity contribution in [2.45, 2.75) is 38.0 Å². The van der Waals surface area contributed by atoms with E-state index in [4.69, 9.17) is 23.2 Å². The molecule has 0 N–H and O–H groups in total. The van der Waals surface area contributed by atoms with Crippen molar-refractivity contribution in [2.75, 3.05) is 20.6 Å². The highest BCUT2D eigenvalue weighted by Gasteiger charge is 2.40. The summed E-state index contributed by atoms with van der Waals surface area (Å²) in [4.78, 5) is 2.30. The molecule has 0 saturated heterocycles. The summed E-state index contributed by atoms with van der Waals surface area (Å²) in [6.07, 6.45) is 5.19. The van der Waals surface area contributed by atoms with Crippen LogP contribution in [0.25, 0.3) is 0 Å². The monoisotopic (exact) mass is 335 g/mol. The largest absolute Gasteiger partial charge is 0.309 e. The molecule has 4 heteroatoms. The Kier molecular flexibility index (Phi) is 6.66. The van der Waals surface area contributed by atoms with Crippen LogP contribution in [-0.2, 0) is 5.41 Å². The lowest BCUT2D eigenvalue weighted by Crippen LogP contribution is -2.44. The number of likely N-dealkylation sites (N-methyl/N-ethyl adjacent to an activating group) is 1. The third-order valence-electron chi connectivity index (χ3n) is 4.55. The lowest BCUT2D eigenvalue weighted by molar-refractivity contribution is 0.151. The van der Waals surface area contributed by atoms with Crippen LogP contribution in [0.1, 0.15) is 38.2 Å². The third kappa shape index (κ3) is 3.62. The summed E-state index contributed by atoms with van der Waals surface area (Å²) < 4.78 is 0. The number of hydrogen-bond donors (Lipinski definition) is 0. The maximum atomic E-state index is 6.23. The van der Waals surface area contributed by atoms with Gasteiger partial charge < -0.3 is 4.90 Å². The summed E-state index contributed by atoms with van der Waals surface area (Å²) in [6.45, 7) is 3.46. The average Bonchev–Trinajstić information content (AvgIpc) is 2.35. The molecule has 0 aromatic heterocycles. The molecule has 1 fully saturated rings. The van der Waals surface area contributed by atoms with Crippen molar-refractivity contribution in [1.82, 2.24) is 4.90 Å². The fraction of sp³-hybridized carbons (Fsp3) is 0.625. The highest BCUT2D eigenvalue weighted by Crippen LogP contribution is 2.45. The van der Waals surface area contributed by atoms with Crippen LogP contribution in [0.5, 0.6) is 0 Å². The van der Waals surface area contributed by atoms with Crippen molar-refractivity contribution in [2.24, 2.45) is 5.92 Å². The fourth-order valence-corrected chi connectivity index (χ4v) is 3.84. The van der Waals surface area contributed by atoms with Crippen LogP contribution in [0.3, 0.4) is 0 Å². The van der Waals surface area contributed by atoms with Crippen LogP contribution in [0, 0.1) is 5.92 Å². The van der Waals surface area contributed by atoms with E-state index in [-0.39, 0.29) is 17.8 Å². The van der Waals surface area contributed by atoms with Crippen molar-refractivity contribution in [1.29, 1.82) is 0 Å². The molecule has 0 aliphatic heterocycles. The van der Waals surface area contributed by atoms with E-state index in [9.17, 15) is 0 Å². The van der Waals surface area contributed by atoms with Gasteiger partial charge >= 0.3 is 0 Å². The van der Waals surface area contributed by atoms with E-state index in [2.05, 4.69) is 38.1 Å². The zero-order valence-electron chi connectivity index (χ0n) is 12.5. The van der Waals surface area contributed by atoms with Gasteiger partial charge in [0.05, 0.1) is 10.0 Å². The summed E-state index contributed by atoms with van der Waals surface area (Å²) in [7, 11) is 4.31. The first-order valence-corrected chi connectivity index (χ1v) is 7.81. The zero-order valence-corrected chi connectivity index (χ0v) is 14.8. The highest BCUT2D eigenvalue weighted by atomic mass is 35.5. The van der Waals surface area contributed by atoms with Gasteiger partial charge in [-0.05, 0) is 50.6 Å². The molecule has 0 heterocycles. The number of rotatable bonds is 3. The summed E-state index contributed by atoms with van der Waals surface area (Å²) in [5.74, 6) is 0.681. The number of halogens is 3. The summed E-state index contributed by atoms with van der Waals surface area (Å²) in [5.41, 5.74) is 1.57. The molecule has 2 atom stereocenters. The van der Waals surface area contributed by atoms with Crippen molar-refractivity contribution >= 4 is 35.6 Å². The van der Waals surface area contributed by atoms with Gasteiger partial charge in [0.2, 0.25) is 0 Å². The predicted molar refractivity (Wildman–Crippen MR) is 91.6 cm³/mol. The molecule has 1 aromatic rings. The minimum atomic E-state index is 0. The smallest absolute Gasteiger partial charge is 0.0595 e. The summed E-state index contributed by atoms with van der Waals surface area (Å²) in [6, 6.07) is 6.19. The Labute approximate surface area is 139 Å². The standard InChI is InChI=1S/C16H23Cl2N.ClH/c1-12-6-4-5-9-16(12,11-19(2)3)13-7-8-14(17)15(18)10-13;/h7-8,10,12H,4-6,9,11H2,1-3H3;1H. The van der Waals surface area contributed by atoms with Crippen LogP contribution >= 0.6 is 35.6 Å². The number of hydrogen-bond acceptors (Lipinski definition) is 1. The minimum absolute atomic E-state index is 0. The molecular formula is C16H24Cl3N. The Balaban J connectivity index is 0.00000200. The van der Waals surface area contributed by atoms with E-state index in [1.807, 2.05) is 6.07 Å². The van der Waals surface area contributed by atoms with Gasteiger partial charge in [0.1, 0.15) is 0 Å².